The Balaban J connectivity index is 1.99. The zero-order chi connectivity index (χ0) is 21.4. The third kappa shape index (κ3) is 3.89. The highest BCUT2D eigenvalue weighted by molar-refractivity contribution is 7.92. The smallest absolute Gasteiger partial charge is 0.482 e. The monoisotopic (exact) mass is 430 g/mol. The van der Waals surface area contributed by atoms with Crippen LogP contribution in [0, 0.1) is 0 Å². The van der Waals surface area contributed by atoms with E-state index in [9.17, 15) is 31.2 Å². The van der Waals surface area contributed by atoms with Crippen molar-refractivity contribution in [2.24, 2.45) is 0 Å². The van der Waals surface area contributed by atoms with Gasteiger partial charge in [0, 0.05) is 5.56 Å². The third-order valence-corrected chi connectivity index (χ3v) is 5.60. The van der Waals surface area contributed by atoms with Crippen LogP contribution < -0.4 is 15.1 Å². The molecule has 12 heteroatoms. The van der Waals surface area contributed by atoms with Crippen molar-refractivity contribution in [2.75, 3.05) is 11.5 Å². The number of fused-ring (bicyclic) bond motifs is 1. The number of carbonyl (C=O) groups is 2. The number of hydrogen-bond donors (Lipinski definition) is 2. The van der Waals surface area contributed by atoms with E-state index in [1.165, 1.54) is 29.7 Å². The van der Waals surface area contributed by atoms with Crippen molar-refractivity contribution in [3.63, 3.8) is 0 Å². The van der Waals surface area contributed by atoms with Gasteiger partial charge in [-0.1, -0.05) is 12.1 Å². The molecule has 0 saturated carbocycles. The van der Waals surface area contributed by atoms with E-state index in [1.54, 1.807) is 0 Å². The molecule has 0 saturated heterocycles. The van der Waals surface area contributed by atoms with Gasteiger partial charge in [-0.05, 0) is 35.9 Å². The second-order valence-corrected chi connectivity index (χ2v) is 7.93. The molecule has 0 aliphatic carbocycles. The van der Waals surface area contributed by atoms with Gasteiger partial charge in [0.25, 0.3) is 21.7 Å². The molecule has 0 fully saturated rings. The van der Waals surface area contributed by atoms with E-state index in [1.807, 2.05) is 0 Å². The molecule has 8 nitrogen and oxygen atoms in total. The molecule has 1 heterocycles. The molecular formula is C17H13F3N2O6S. The van der Waals surface area contributed by atoms with Gasteiger partial charge in [0.2, 0.25) is 0 Å². The van der Waals surface area contributed by atoms with Crippen LogP contribution in [-0.4, -0.2) is 37.6 Å². The lowest BCUT2D eigenvalue weighted by Gasteiger charge is -2.30. The molecule has 3 rings (SSSR count). The first-order valence-electron chi connectivity index (χ1n) is 7.96. The summed E-state index contributed by atoms with van der Waals surface area (Å²) in [7, 11) is -5.54. The number of nitrogens with one attached hydrogen (secondary N) is 1. The average molecular weight is 430 g/mol. The Kier molecular flexibility index (Phi) is 5.24. The van der Waals surface area contributed by atoms with Gasteiger partial charge in [-0.3, -0.25) is 14.8 Å². The molecule has 0 bridgehead atoms. The summed E-state index contributed by atoms with van der Waals surface area (Å²) in [6, 6.07) is 8.13. The van der Waals surface area contributed by atoms with Crippen LogP contribution in [0.15, 0.2) is 47.4 Å². The Morgan fingerprint density at radius 3 is 2.59 bits per heavy atom. The predicted octanol–water partition coefficient (Wildman–Crippen LogP) is 2.02. The summed E-state index contributed by atoms with van der Waals surface area (Å²) < 4.78 is 66.9. The van der Waals surface area contributed by atoms with Crippen LogP contribution in [0.2, 0.25) is 0 Å². The van der Waals surface area contributed by atoms with Crippen molar-refractivity contribution in [3.05, 3.63) is 53.6 Å². The summed E-state index contributed by atoms with van der Waals surface area (Å²) in [6.45, 7) is -0.611. The lowest BCUT2D eigenvalue weighted by Crippen LogP contribution is -2.38. The first-order valence-corrected chi connectivity index (χ1v) is 9.45. The summed E-state index contributed by atoms with van der Waals surface area (Å²) in [5.74, 6) is -1.16. The van der Waals surface area contributed by atoms with Crippen LogP contribution in [0.4, 0.5) is 18.9 Å². The van der Waals surface area contributed by atoms with Gasteiger partial charge in [0.05, 0.1) is 17.1 Å². The van der Waals surface area contributed by atoms with Crippen LogP contribution in [0.1, 0.15) is 15.9 Å². The highest BCUT2D eigenvalue weighted by atomic mass is 32.2. The minimum atomic E-state index is -5.54. The summed E-state index contributed by atoms with van der Waals surface area (Å²) >= 11 is 0. The molecule has 0 spiro atoms. The highest BCUT2D eigenvalue weighted by Crippen LogP contribution is 2.35. The molecule has 1 aliphatic rings. The molecule has 2 aromatic carbocycles. The minimum absolute atomic E-state index is 0.00273. The van der Waals surface area contributed by atoms with E-state index in [4.69, 9.17) is 9.94 Å². The summed E-state index contributed by atoms with van der Waals surface area (Å²) in [5.41, 5.74) is -3.75. The first-order chi connectivity index (χ1) is 13.5. The van der Waals surface area contributed by atoms with E-state index in [-0.39, 0.29) is 35.7 Å². The van der Waals surface area contributed by atoms with E-state index < -0.39 is 32.1 Å². The SMILES string of the molecule is O=C(NO)c1ccc2c(c1)N(Cc1cccc(S(=O)(=O)C(F)(F)F)c1)C(=O)CO2. The van der Waals surface area contributed by atoms with Crippen LogP contribution in [0.3, 0.4) is 0 Å². The van der Waals surface area contributed by atoms with Crippen molar-refractivity contribution in [2.45, 2.75) is 16.9 Å². The van der Waals surface area contributed by atoms with Crippen LogP contribution >= 0.6 is 0 Å². The van der Waals surface area contributed by atoms with Crippen molar-refractivity contribution in [3.8, 4) is 5.75 Å². The van der Waals surface area contributed by atoms with Crippen LogP contribution in [0.25, 0.3) is 0 Å². The molecule has 1 aliphatic heterocycles. The first kappa shape index (κ1) is 20.6. The summed E-state index contributed by atoms with van der Waals surface area (Å²) in [4.78, 5) is 24.1. The molecule has 0 radical (unpaired) electrons. The lowest BCUT2D eigenvalue weighted by molar-refractivity contribution is -0.121. The van der Waals surface area contributed by atoms with Gasteiger partial charge in [0.1, 0.15) is 5.75 Å². The highest BCUT2D eigenvalue weighted by Gasteiger charge is 2.46. The molecule has 0 atom stereocenters. The summed E-state index contributed by atoms with van der Waals surface area (Å²) in [6.07, 6.45) is 0. The minimum Gasteiger partial charge on any atom is -0.482 e. The molecule has 0 unspecified atom stereocenters. The quantitative estimate of drug-likeness (QED) is 0.567. The lowest BCUT2D eigenvalue weighted by atomic mass is 10.1. The number of hydroxylamine groups is 1. The van der Waals surface area contributed by atoms with Crippen LogP contribution in [-0.2, 0) is 21.2 Å². The number of alkyl halides is 3. The maximum absolute atomic E-state index is 12.8. The average Bonchev–Trinajstić information content (AvgIpc) is 2.68. The Morgan fingerprint density at radius 1 is 1.21 bits per heavy atom. The van der Waals surface area contributed by atoms with Gasteiger partial charge >= 0.3 is 5.51 Å². The number of halogens is 3. The van der Waals surface area contributed by atoms with Crippen molar-refractivity contribution >= 4 is 27.3 Å². The van der Waals surface area contributed by atoms with Crippen molar-refractivity contribution in [1.82, 2.24) is 5.48 Å². The molecule has 154 valence electrons. The van der Waals surface area contributed by atoms with E-state index in [2.05, 4.69) is 0 Å². The van der Waals surface area contributed by atoms with E-state index in [0.29, 0.717) is 0 Å². The van der Waals surface area contributed by atoms with Crippen molar-refractivity contribution < 1.29 is 41.1 Å². The fraction of sp³-hybridized carbons (Fsp3) is 0.176. The summed E-state index contributed by atoms with van der Waals surface area (Å²) in [5, 5.41) is 8.76. The number of amides is 2. The zero-order valence-corrected chi connectivity index (χ0v) is 15.2. The number of rotatable bonds is 4. The third-order valence-electron chi connectivity index (χ3n) is 4.12. The topological polar surface area (TPSA) is 113 Å². The van der Waals surface area contributed by atoms with Gasteiger partial charge in [-0.15, -0.1) is 0 Å². The van der Waals surface area contributed by atoms with E-state index in [0.717, 1.165) is 23.1 Å². The Bertz CT molecular complexity index is 1080. The number of anilines is 1. The van der Waals surface area contributed by atoms with Crippen LogP contribution in [0.5, 0.6) is 5.75 Å². The molecule has 29 heavy (non-hydrogen) atoms. The number of hydrogen-bond acceptors (Lipinski definition) is 6. The number of ether oxygens (including phenoxy) is 1. The predicted molar refractivity (Wildman–Crippen MR) is 92.1 cm³/mol. The number of nitrogens with zero attached hydrogens (tertiary/aromatic N) is 1. The second kappa shape index (κ2) is 7.37. The molecule has 2 amide bonds. The van der Waals surface area contributed by atoms with Gasteiger partial charge in [-0.25, -0.2) is 13.9 Å². The molecule has 2 N–H and O–H groups in total. The number of carbonyl (C=O) groups excluding carboxylic acids is 2. The standard InChI is InChI=1S/C17H13F3N2O6S/c18-17(19,20)29(26,27)12-3-1-2-10(6-12)8-22-13-7-11(16(24)21-25)4-5-14(13)28-9-15(22)23/h1-7,25H,8-9H2,(H,21,24). The largest absolute Gasteiger partial charge is 0.501 e. The van der Waals surface area contributed by atoms with Gasteiger partial charge in [0.15, 0.2) is 6.61 Å². The molecule has 0 aromatic heterocycles. The fourth-order valence-corrected chi connectivity index (χ4v) is 3.54. The van der Waals surface area contributed by atoms with Gasteiger partial charge in [-0.2, -0.15) is 13.2 Å². The second-order valence-electron chi connectivity index (χ2n) is 5.99. The normalized spacial score (nSPS) is 14.2. The number of sulfone groups is 1. The fourth-order valence-electron chi connectivity index (χ4n) is 2.71. The maximum atomic E-state index is 12.8. The Morgan fingerprint density at radius 2 is 1.93 bits per heavy atom. The Labute approximate surface area is 162 Å². The van der Waals surface area contributed by atoms with E-state index >= 15 is 0 Å². The Hall–Kier alpha value is -3.12. The molecular weight excluding hydrogens is 417 g/mol. The zero-order valence-electron chi connectivity index (χ0n) is 14.4. The molecule has 2 aromatic rings. The van der Waals surface area contributed by atoms with Gasteiger partial charge < -0.3 is 9.64 Å². The van der Waals surface area contributed by atoms with Crippen molar-refractivity contribution in [1.29, 1.82) is 0 Å². The number of benzene rings is 2. The maximum Gasteiger partial charge on any atom is 0.501 e.